The van der Waals surface area contributed by atoms with Crippen LogP contribution in [-0.2, 0) is 14.8 Å². The molecular formula is C17H18N2O6S. The molecule has 9 heteroatoms. The predicted octanol–water partition coefficient (Wildman–Crippen LogP) is 1.15. The lowest BCUT2D eigenvalue weighted by Crippen LogP contribution is -2.43. The van der Waals surface area contributed by atoms with Gasteiger partial charge in [-0.05, 0) is 36.8 Å². The summed E-state index contributed by atoms with van der Waals surface area (Å²) in [4.78, 5) is 13.8. The van der Waals surface area contributed by atoms with Crippen LogP contribution in [0.25, 0.3) is 0 Å². The minimum absolute atomic E-state index is 0.0540. The van der Waals surface area contributed by atoms with Crippen molar-refractivity contribution in [3.8, 4) is 17.2 Å². The van der Waals surface area contributed by atoms with E-state index in [-0.39, 0.29) is 11.5 Å². The van der Waals surface area contributed by atoms with Crippen molar-refractivity contribution in [2.75, 3.05) is 19.8 Å². The fourth-order valence-corrected chi connectivity index (χ4v) is 3.14. The predicted molar refractivity (Wildman–Crippen MR) is 92.6 cm³/mol. The second-order valence-corrected chi connectivity index (χ2v) is 7.25. The molecule has 0 fully saturated rings. The highest BCUT2D eigenvalue weighted by atomic mass is 32.2. The first-order valence-corrected chi connectivity index (χ1v) is 9.32. The number of hydrogen-bond donors (Lipinski definition) is 2. The normalized spacial score (nSPS) is 13.1. The van der Waals surface area contributed by atoms with Gasteiger partial charge in [0.2, 0.25) is 0 Å². The molecule has 0 aromatic heterocycles. The lowest BCUT2D eigenvalue weighted by molar-refractivity contribution is -0.123. The van der Waals surface area contributed by atoms with Gasteiger partial charge in [-0.1, -0.05) is 12.1 Å². The molecule has 0 saturated heterocycles. The van der Waals surface area contributed by atoms with Gasteiger partial charge in [-0.2, -0.15) is 0 Å². The zero-order valence-corrected chi connectivity index (χ0v) is 14.8. The Hall–Kier alpha value is -2.78. The molecule has 0 unspecified atom stereocenters. The van der Waals surface area contributed by atoms with Crippen LogP contribution in [-0.4, -0.2) is 34.1 Å². The van der Waals surface area contributed by atoms with E-state index in [1.807, 2.05) is 17.8 Å². The van der Waals surface area contributed by atoms with Gasteiger partial charge in [-0.15, -0.1) is 4.83 Å². The number of ether oxygens (including phenoxy) is 3. The molecule has 1 aliphatic rings. The van der Waals surface area contributed by atoms with Crippen LogP contribution in [0.1, 0.15) is 5.56 Å². The number of hydrazine groups is 1. The first-order chi connectivity index (χ1) is 12.4. The maximum Gasteiger partial charge on any atom is 0.272 e. The molecule has 138 valence electrons. The summed E-state index contributed by atoms with van der Waals surface area (Å²) < 4.78 is 40.6. The molecule has 1 heterocycles. The Balaban J connectivity index is 1.57. The highest BCUT2D eigenvalue weighted by Crippen LogP contribution is 2.31. The third-order valence-electron chi connectivity index (χ3n) is 3.51. The number of carbonyl (C=O) groups excluding carboxylic acids is 1. The average Bonchev–Trinajstić information content (AvgIpc) is 2.64. The summed E-state index contributed by atoms with van der Waals surface area (Å²) in [6.07, 6.45) is 0. The van der Waals surface area contributed by atoms with Crippen LogP contribution in [0.5, 0.6) is 17.2 Å². The summed E-state index contributed by atoms with van der Waals surface area (Å²) in [5.74, 6) is 0.710. The van der Waals surface area contributed by atoms with Gasteiger partial charge in [0.25, 0.3) is 15.9 Å². The van der Waals surface area contributed by atoms with E-state index in [0.717, 1.165) is 5.56 Å². The standard InChI is InChI=1S/C17H18N2O6S/c1-12-3-2-4-13(9-12)25-11-17(20)18-19-26(21,22)14-5-6-15-16(10-14)24-8-7-23-15/h2-6,9-10,19H,7-8,11H2,1H3,(H,18,20). The molecule has 1 aliphatic heterocycles. The molecule has 3 rings (SSSR count). The van der Waals surface area contributed by atoms with Crippen molar-refractivity contribution in [3.05, 3.63) is 48.0 Å². The Bertz CT molecular complexity index is 913. The maximum atomic E-state index is 12.3. The second kappa shape index (κ2) is 7.63. The van der Waals surface area contributed by atoms with Gasteiger partial charge in [-0.25, -0.2) is 8.42 Å². The third kappa shape index (κ3) is 4.44. The summed E-state index contributed by atoms with van der Waals surface area (Å²) in [5.41, 5.74) is 3.10. The molecule has 0 radical (unpaired) electrons. The van der Waals surface area contributed by atoms with Gasteiger partial charge in [0.1, 0.15) is 19.0 Å². The van der Waals surface area contributed by atoms with Crippen molar-refractivity contribution in [2.24, 2.45) is 0 Å². The first kappa shape index (κ1) is 18.0. The minimum atomic E-state index is -3.95. The van der Waals surface area contributed by atoms with E-state index in [4.69, 9.17) is 14.2 Å². The van der Waals surface area contributed by atoms with Crippen LogP contribution in [0.15, 0.2) is 47.4 Å². The molecule has 2 aromatic rings. The van der Waals surface area contributed by atoms with Crippen LogP contribution < -0.4 is 24.5 Å². The number of benzene rings is 2. The number of amides is 1. The number of hydrogen-bond acceptors (Lipinski definition) is 6. The van der Waals surface area contributed by atoms with Gasteiger partial charge in [0.15, 0.2) is 18.1 Å². The van der Waals surface area contributed by atoms with Gasteiger partial charge in [0, 0.05) is 6.07 Å². The number of aryl methyl sites for hydroxylation is 1. The number of rotatable bonds is 6. The highest BCUT2D eigenvalue weighted by Gasteiger charge is 2.20. The summed E-state index contributed by atoms with van der Waals surface area (Å²) in [5, 5.41) is 0. The molecule has 0 saturated carbocycles. The van der Waals surface area contributed by atoms with Crippen LogP contribution >= 0.6 is 0 Å². The molecular weight excluding hydrogens is 360 g/mol. The molecule has 0 bridgehead atoms. The number of fused-ring (bicyclic) bond motifs is 1. The summed E-state index contributed by atoms with van der Waals surface area (Å²) in [6, 6.07) is 11.4. The number of carbonyl (C=O) groups is 1. The lowest BCUT2D eigenvalue weighted by atomic mass is 10.2. The Labute approximate surface area is 151 Å². The third-order valence-corrected chi connectivity index (χ3v) is 4.75. The van der Waals surface area contributed by atoms with Crippen molar-refractivity contribution < 1.29 is 27.4 Å². The van der Waals surface area contributed by atoms with Gasteiger partial charge in [0.05, 0.1) is 4.90 Å². The SMILES string of the molecule is Cc1cccc(OCC(=O)NNS(=O)(=O)c2ccc3c(c2)OCCO3)c1. The van der Waals surface area contributed by atoms with Crippen LogP contribution in [0.3, 0.4) is 0 Å². The molecule has 1 amide bonds. The van der Waals surface area contributed by atoms with Crippen LogP contribution in [0.2, 0.25) is 0 Å². The summed E-state index contributed by atoms with van der Waals surface area (Å²) >= 11 is 0. The quantitative estimate of drug-likeness (QED) is 0.731. The van der Waals surface area contributed by atoms with Gasteiger partial charge >= 0.3 is 0 Å². The average molecular weight is 378 g/mol. The van der Waals surface area contributed by atoms with E-state index in [9.17, 15) is 13.2 Å². The number of nitrogens with one attached hydrogen (secondary N) is 2. The zero-order valence-electron chi connectivity index (χ0n) is 14.0. The topological polar surface area (TPSA) is 103 Å². The van der Waals surface area contributed by atoms with E-state index in [0.29, 0.717) is 30.5 Å². The molecule has 2 aromatic carbocycles. The smallest absolute Gasteiger partial charge is 0.272 e. The Morgan fingerprint density at radius 1 is 1.12 bits per heavy atom. The van der Waals surface area contributed by atoms with Crippen LogP contribution in [0.4, 0.5) is 0 Å². The van der Waals surface area contributed by atoms with Crippen molar-refractivity contribution in [2.45, 2.75) is 11.8 Å². The largest absolute Gasteiger partial charge is 0.486 e. The number of sulfonamides is 1. The van der Waals surface area contributed by atoms with E-state index in [1.165, 1.54) is 18.2 Å². The molecule has 8 nitrogen and oxygen atoms in total. The van der Waals surface area contributed by atoms with Crippen molar-refractivity contribution in [1.82, 2.24) is 10.3 Å². The fraction of sp³-hybridized carbons (Fsp3) is 0.235. The van der Waals surface area contributed by atoms with Crippen molar-refractivity contribution in [1.29, 1.82) is 0 Å². The summed E-state index contributed by atoms with van der Waals surface area (Å²) in [6.45, 7) is 2.33. The highest BCUT2D eigenvalue weighted by molar-refractivity contribution is 7.89. The molecule has 26 heavy (non-hydrogen) atoms. The monoisotopic (exact) mass is 378 g/mol. The lowest BCUT2D eigenvalue weighted by Gasteiger charge is -2.19. The Kier molecular flexibility index (Phi) is 5.29. The maximum absolute atomic E-state index is 12.3. The molecule has 0 atom stereocenters. The van der Waals surface area contributed by atoms with Crippen molar-refractivity contribution >= 4 is 15.9 Å². The zero-order chi connectivity index (χ0) is 18.6. The van der Waals surface area contributed by atoms with Gasteiger partial charge in [-0.3, -0.25) is 10.2 Å². The van der Waals surface area contributed by atoms with Gasteiger partial charge < -0.3 is 14.2 Å². The van der Waals surface area contributed by atoms with Crippen LogP contribution in [0, 0.1) is 6.92 Å². The van der Waals surface area contributed by atoms with Crippen molar-refractivity contribution in [3.63, 3.8) is 0 Å². The Morgan fingerprint density at radius 2 is 1.88 bits per heavy atom. The van der Waals surface area contributed by atoms with E-state index >= 15 is 0 Å². The van der Waals surface area contributed by atoms with E-state index < -0.39 is 15.9 Å². The molecule has 2 N–H and O–H groups in total. The second-order valence-electron chi connectivity index (χ2n) is 5.56. The summed E-state index contributed by atoms with van der Waals surface area (Å²) in [7, 11) is -3.95. The molecule has 0 aliphatic carbocycles. The molecule has 0 spiro atoms. The fourth-order valence-electron chi connectivity index (χ4n) is 2.26. The first-order valence-electron chi connectivity index (χ1n) is 7.84. The van der Waals surface area contributed by atoms with E-state index in [1.54, 1.807) is 18.2 Å². The Morgan fingerprint density at radius 3 is 2.65 bits per heavy atom. The minimum Gasteiger partial charge on any atom is -0.486 e. The van der Waals surface area contributed by atoms with E-state index in [2.05, 4.69) is 5.43 Å².